The number of hydrogen-bond donors (Lipinski definition) is 0. The molecular weight excluding hydrogens is 404 g/mol. The molecule has 0 unspecified atom stereocenters. The second-order valence-corrected chi connectivity index (χ2v) is 6.93. The molecule has 0 bridgehead atoms. The third kappa shape index (κ3) is 3.03. The summed E-state index contributed by atoms with van der Waals surface area (Å²) in [5, 5.41) is 0.372. The molecule has 25 heavy (non-hydrogen) atoms. The molecule has 0 radical (unpaired) electrons. The van der Waals surface area contributed by atoms with E-state index in [-0.39, 0.29) is 0 Å². The molecule has 1 aliphatic heterocycles. The third-order valence-electron chi connectivity index (χ3n) is 4.02. The van der Waals surface area contributed by atoms with Gasteiger partial charge in [-0.1, -0.05) is 63.9 Å². The number of esters is 1. The quantitative estimate of drug-likeness (QED) is 0.383. The standard InChI is InChI=1S/C20H12BrClO3/c21-12-9-10-18(15(22)11-12)25-20(23)19-13-5-1-3-7-16(13)24-17-8-4-2-6-14(17)19/h1-11,19H. The fourth-order valence-electron chi connectivity index (χ4n) is 2.89. The lowest BCUT2D eigenvalue weighted by Gasteiger charge is -2.26. The predicted octanol–water partition coefficient (Wildman–Crippen LogP) is 5.95. The molecule has 0 aromatic heterocycles. The van der Waals surface area contributed by atoms with Crippen LogP contribution in [0.1, 0.15) is 17.0 Å². The van der Waals surface area contributed by atoms with Crippen LogP contribution in [0.25, 0.3) is 0 Å². The van der Waals surface area contributed by atoms with E-state index in [1.165, 1.54) is 0 Å². The molecule has 0 N–H and O–H groups in total. The Morgan fingerprint density at radius 1 is 0.960 bits per heavy atom. The summed E-state index contributed by atoms with van der Waals surface area (Å²) in [5.74, 6) is 0.680. The highest BCUT2D eigenvalue weighted by Crippen LogP contribution is 2.44. The van der Waals surface area contributed by atoms with Gasteiger partial charge in [-0.05, 0) is 30.3 Å². The van der Waals surface area contributed by atoms with Crippen molar-refractivity contribution in [3.8, 4) is 17.2 Å². The highest BCUT2D eigenvalue weighted by molar-refractivity contribution is 9.10. The summed E-state index contributed by atoms with van der Waals surface area (Å²) < 4.78 is 12.3. The van der Waals surface area contributed by atoms with Gasteiger partial charge in [-0.25, -0.2) is 0 Å². The summed E-state index contributed by atoms with van der Waals surface area (Å²) in [4.78, 5) is 13.0. The molecule has 0 spiro atoms. The van der Waals surface area contributed by atoms with E-state index in [0.29, 0.717) is 22.3 Å². The first-order valence-corrected chi connectivity index (χ1v) is 8.83. The number of para-hydroxylation sites is 2. The zero-order valence-corrected chi connectivity index (χ0v) is 15.3. The maximum atomic E-state index is 13.0. The summed E-state index contributed by atoms with van der Waals surface area (Å²) in [6.07, 6.45) is 0. The third-order valence-corrected chi connectivity index (χ3v) is 4.81. The molecule has 0 amide bonds. The summed E-state index contributed by atoms with van der Waals surface area (Å²) in [7, 11) is 0. The van der Waals surface area contributed by atoms with Crippen LogP contribution in [-0.2, 0) is 4.79 Å². The van der Waals surface area contributed by atoms with Crippen molar-refractivity contribution in [1.29, 1.82) is 0 Å². The normalized spacial score (nSPS) is 12.7. The average Bonchev–Trinajstić information content (AvgIpc) is 2.62. The van der Waals surface area contributed by atoms with Gasteiger partial charge in [-0.2, -0.15) is 0 Å². The molecule has 0 saturated carbocycles. The summed E-state index contributed by atoms with van der Waals surface area (Å²) in [5.41, 5.74) is 1.55. The van der Waals surface area contributed by atoms with Crippen LogP contribution < -0.4 is 9.47 Å². The molecular formula is C20H12BrClO3. The Kier molecular flexibility index (Phi) is 4.24. The van der Waals surface area contributed by atoms with Crippen LogP contribution in [0.3, 0.4) is 0 Å². The average molecular weight is 416 g/mol. The molecule has 0 fully saturated rings. The molecule has 1 heterocycles. The van der Waals surface area contributed by atoms with Crippen LogP contribution in [-0.4, -0.2) is 5.97 Å². The van der Waals surface area contributed by atoms with Gasteiger partial charge in [0.05, 0.1) is 5.02 Å². The van der Waals surface area contributed by atoms with Crippen molar-refractivity contribution in [3.63, 3.8) is 0 Å². The first-order chi connectivity index (χ1) is 12.1. The maximum Gasteiger partial charge on any atom is 0.323 e. The summed E-state index contributed by atoms with van der Waals surface area (Å²) >= 11 is 9.52. The van der Waals surface area contributed by atoms with Gasteiger partial charge in [-0.15, -0.1) is 0 Å². The van der Waals surface area contributed by atoms with Crippen molar-refractivity contribution in [1.82, 2.24) is 0 Å². The van der Waals surface area contributed by atoms with E-state index in [9.17, 15) is 4.79 Å². The molecule has 4 rings (SSSR count). The van der Waals surface area contributed by atoms with Gasteiger partial charge >= 0.3 is 5.97 Å². The van der Waals surface area contributed by atoms with Gasteiger partial charge in [0.15, 0.2) is 0 Å². The van der Waals surface area contributed by atoms with E-state index in [1.807, 2.05) is 48.5 Å². The maximum absolute atomic E-state index is 13.0. The van der Waals surface area contributed by atoms with Crippen molar-refractivity contribution in [3.05, 3.63) is 87.4 Å². The lowest BCUT2D eigenvalue weighted by atomic mass is 9.88. The minimum Gasteiger partial charge on any atom is -0.457 e. The summed E-state index contributed by atoms with van der Waals surface area (Å²) in [6, 6.07) is 20.1. The number of ether oxygens (including phenoxy) is 2. The molecule has 0 atom stereocenters. The Hall–Kier alpha value is -2.30. The molecule has 124 valence electrons. The Bertz CT molecular complexity index is 925. The Balaban J connectivity index is 1.75. The number of benzene rings is 3. The first-order valence-electron chi connectivity index (χ1n) is 7.66. The van der Waals surface area contributed by atoms with Crippen LogP contribution in [0.5, 0.6) is 17.2 Å². The van der Waals surface area contributed by atoms with Gasteiger partial charge < -0.3 is 9.47 Å². The lowest BCUT2D eigenvalue weighted by molar-refractivity contribution is -0.135. The van der Waals surface area contributed by atoms with Crippen LogP contribution in [0, 0.1) is 0 Å². The number of rotatable bonds is 2. The Morgan fingerprint density at radius 2 is 1.56 bits per heavy atom. The fourth-order valence-corrected chi connectivity index (χ4v) is 3.60. The number of carbonyl (C=O) groups is 1. The second-order valence-electron chi connectivity index (χ2n) is 5.61. The van der Waals surface area contributed by atoms with Crippen LogP contribution in [0.2, 0.25) is 5.02 Å². The first kappa shape index (κ1) is 16.2. The SMILES string of the molecule is O=C(Oc1ccc(Br)cc1Cl)C1c2ccccc2Oc2ccccc21. The largest absolute Gasteiger partial charge is 0.457 e. The van der Waals surface area contributed by atoms with Crippen molar-refractivity contribution in [2.24, 2.45) is 0 Å². The van der Waals surface area contributed by atoms with Gasteiger partial charge in [0, 0.05) is 15.6 Å². The minimum absolute atomic E-state index is 0.330. The fraction of sp³-hybridized carbons (Fsp3) is 0.0500. The van der Waals surface area contributed by atoms with Crippen molar-refractivity contribution >= 4 is 33.5 Å². The highest BCUT2D eigenvalue weighted by Gasteiger charge is 2.34. The van der Waals surface area contributed by atoms with E-state index < -0.39 is 11.9 Å². The predicted molar refractivity (Wildman–Crippen MR) is 99.6 cm³/mol. The van der Waals surface area contributed by atoms with Gasteiger partial charge in [-0.3, -0.25) is 4.79 Å². The lowest BCUT2D eigenvalue weighted by Crippen LogP contribution is -2.23. The molecule has 3 aromatic carbocycles. The highest BCUT2D eigenvalue weighted by atomic mass is 79.9. The number of fused-ring (bicyclic) bond motifs is 2. The zero-order valence-electron chi connectivity index (χ0n) is 12.9. The van der Waals surface area contributed by atoms with Gasteiger partial charge in [0.25, 0.3) is 0 Å². The van der Waals surface area contributed by atoms with E-state index in [1.54, 1.807) is 18.2 Å². The molecule has 3 nitrogen and oxygen atoms in total. The number of halogens is 2. The second kappa shape index (κ2) is 6.54. The molecule has 0 saturated heterocycles. The Morgan fingerprint density at radius 3 is 2.16 bits per heavy atom. The van der Waals surface area contributed by atoms with E-state index >= 15 is 0 Å². The van der Waals surface area contributed by atoms with Crippen molar-refractivity contribution in [2.75, 3.05) is 0 Å². The number of carbonyl (C=O) groups excluding carboxylic acids is 1. The molecule has 1 aliphatic rings. The van der Waals surface area contributed by atoms with E-state index in [2.05, 4.69) is 15.9 Å². The Labute approximate surface area is 158 Å². The zero-order chi connectivity index (χ0) is 17.4. The summed E-state index contributed by atoms with van der Waals surface area (Å²) in [6.45, 7) is 0. The smallest absolute Gasteiger partial charge is 0.323 e. The van der Waals surface area contributed by atoms with Crippen molar-refractivity contribution < 1.29 is 14.3 Å². The van der Waals surface area contributed by atoms with E-state index in [0.717, 1.165) is 15.6 Å². The number of hydrogen-bond acceptors (Lipinski definition) is 3. The minimum atomic E-state index is -0.569. The molecule has 5 heteroatoms. The van der Waals surface area contributed by atoms with Crippen molar-refractivity contribution in [2.45, 2.75) is 5.92 Å². The van der Waals surface area contributed by atoms with Crippen LogP contribution in [0.15, 0.2) is 71.2 Å². The van der Waals surface area contributed by atoms with Gasteiger partial charge in [0.1, 0.15) is 23.2 Å². The topological polar surface area (TPSA) is 35.5 Å². The van der Waals surface area contributed by atoms with Crippen LogP contribution in [0.4, 0.5) is 0 Å². The van der Waals surface area contributed by atoms with Gasteiger partial charge in [0.2, 0.25) is 0 Å². The molecule has 3 aromatic rings. The monoisotopic (exact) mass is 414 g/mol. The molecule has 0 aliphatic carbocycles. The van der Waals surface area contributed by atoms with Crippen LogP contribution >= 0.6 is 27.5 Å². The van der Waals surface area contributed by atoms with E-state index in [4.69, 9.17) is 21.1 Å².